The Morgan fingerprint density at radius 1 is 1.40 bits per heavy atom. The van der Waals surface area contributed by atoms with Crippen LogP contribution in [0.4, 0.5) is 5.69 Å². The molecule has 0 saturated carbocycles. The molecular weight excluding hydrogens is 280 g/mol. The first kappa shape index (κ1) is 16.3. The smallest absolute Gasteiger partial charge is 0.325 e. The number of anilines is 1. The molecule has 0 fully saturated rings. The number of rotatable bonds is 5. The van der Waals surface area contributed by atoms with Gasteiger partial charge in [-0.15, -0.1) is 0 Å². The minimum atomic E-state index is -0.449. The molecule has 1 amide bonds. The third-order valence-electron chi connectivity index (χ3n) is 2.75. The zero-order valence-corrected chi connectivity index (χ0v) is 12.6. The number of nitrogen functional groups attached to an aromatic ring is 1. The highest BCUT2D eigenvalue weighted by Gasteiger charge is 2.24. The van der Waals surface area contributed by atoms with E-state index in [9.17, 15) is 9.59 Å². The maximum atomic E-state index is 12.5. The van der Waals surface area contributed by atoms with Crippen LogP contribution < -0.4 is 5.73 Å². The molecular formula is C14H19ClN2O3. The highest BCUT2D eigenvalue weighted by Crippen LogP contribution is 2.24. The number of amides is 1. The fraction of sp³-hybridized carbons (Fsp3) is 0.429. The first-order chi connectivity index (χ1) is 9.38. The maximum absolute atomic E-state index is 12.5. The van der Waals surface area contributed by atoms with Crippen molar-refractivity contribution in [3.63, 3.8) is 0 Å². The van der Waals surface area contributed by atoms with Crippen LogP contribution in [0.3, 0.4) is 0 Å². The van der Waals surface area contributed by atoms with Crippen LogP contribution in [0.2, 0.25) is 5.02 Å². The van der Waals surface area contributed by atoms with Gasteiger partial charge in [-0.2, -0.15) is 0 Å². The van der Waals surface area contributed by atoms with Crippen molar-refractivity contribution < 1.29 is 14.3 Å². The maximum Gasteiger partial charge on any atom is 0.325 e. The van der Waals surface area contributed by atoms with Crippen LogP contribution in [0.1, 0.15) is 31.1 Å². The molecule has 20 heavy (non-hydrogen) atoms. The van der Waals surface area contributed by atoms with Crippen LogP contribution in [-0.2, 0) is 9.53 Å². The lowest BCUT2D eigenvalue weighted by molar-refractivity contribution is -0.144. The molecule has 110 valence electrons. The van der Waals surface area contributed by atoms with Crippen molar-refractivity contribution in [1.29, 1.82) is 0 Å². The van der Waals surface area contributed by atoms with Crippen molar-refractivity contribution >= 4 is 29.2 Å². The van der Waals surface area contributed by atoms with E-state index < -0.39 is 5.97 Å². The Balaban J connectivity index is 3.00. The van der Waals surface area contributed by atoms with Crippen molar-refractivity contribution in [3.8, 4) is 0 Å². The van der Waals surface area contributed by atoms with E-state index in [1.54, 1.807) is 25.1 Å². The van der Waals surface area contributed by atoms with Gasteiger partial charge < -0.3 is 15.4 Å². The number of carbonyl (C=O) groups is 2. The predicted molar refractivity (Wildman–Crippen MR) is 78.7 cm³/mol. The second kappa shape index (κ2) is 7.14. The molecule has 0 aromatic heterocycles. The summed E-state index contributed by atoms with van der Waals surface area (Å²) in [4.78, 5) is 25.5. The van der Waals surface area contributed by atoms with Crippen molar-refractivity contribution in [2.45, 2.75) is 26.8 Å². The summed E-state index contributed by atoms with van der Waals surface area (Å²) in [6.45, 7) is 5.51. The number of esters is 1. The Hall–Kier alpha value is -1.75. The fourth-order valence-corrected chi connectivity index (χ4v) is 1.91. The number of benzene rings is 1. The second-order valence-electron chi connectivity index (χ2n) is 4.54. The van der Waals surface area contributed by atoms with E-state index in [0.717, 1.165) is 0 Å². The number of hydrogen-bond acceptors (Lipinski definition) is 4. The molecule has 0 saturated heterocycles. The van der Waals surface area contributed by atoms with E-state index in [-0.39, 0.29) is 35.7 Å². The van der Waals surface area contributed by atoms with E-state index in [1.165, 1.54) is 4.90 Å². The van der Waals surface area contributed by atoms with Crippen molar-refractivity contribution in [1.82, 2.24) is 4.90 Å². The van der Waals surface area contributed by atoms with E-state index in [1.807, 2.05) is 13.8 Å². The molecule has 0 unspecified atom stereocenters. The molecule has 0 aliphatic carbocycles. The largest absolute Gasteiger partial charge is 0.465 e. The van der Waals surface area contributed by atoms with Gasteiger partial charge in [-0.3, -0.25) is 9.59 Å². The van der Waals surface area contributed by atoms with E-state index in [0.29, 0.717) is 5.69 Å². The average Bonchev–Trinajstić information content (AvgIpc) is 2.38. The van der Waals surface area contributed by atoms with Crippen LogP contribution in [0.15, 0.2) is 18.2 Å². The Kier molecular flexibility index (Phi) is 5.82. The summed E-state index contributed by atoms with van der Waals surface area (Å²) < 4.78 is 4.87. The van der Waals surface area contributed by atoms with E-state index in [4.69, 9.17) is 22.1 Å². The Morgan fingerprint density at radius 2 is 2.05 bits per heavy atom. The molecule has 0 aliphatic heterocycles. The van der Waals surface area contributed by atoms with Crippen LogP contribution in [0.5, 0.6) is 0 Å². The molecule has 2 N–H and O–H groups in total. The van der Waals surface area contributed by atoms with Gasteiger partial charge >= 0.3 is 5.97 Å². The van der Waals surface area contributed by atoms with Gasteiger partial charge in [0.15, 0.2) is 0 Å². The normalized spacial score (nSPS) is 10.4. The standard InChI is InChI=1S/C14H19ClN2O3/c1-4-20-12(18)8-17(9(2)3)14(19)10-6-5-7-11(16)13(10)15/h5-7,9H,4,8,16H2,1-3H3. The van der Waals surface area contributed by atoms with E-state index >= 15 is 0 Å². The Morgan fingerprint density at radius 3 is 2.60 bits per heavy atom. The SMILES string of the molecule is CCOC(=O)CN(C(=O)c1cccc(N)c1Cl)C(C)C. The Labute approximate surface area is 123 Å². The van der Waals surface area contributed by atoms with Gasteiger partial charge in [-0.1, -0.05) is 17.7 Å². The van der Waals surface area contributed by atoms with Crippen LogP contribution in [0, 0.1) is 0 Å². The third-order valence-corrected chi connectivity index (χ3v) is 3.17. The zero-order chi connectivity index (χ0) is 15.3. The van der Waals surface area contributed by atoms with Crippen LogP contribution in [0.25, 0.3) is 0 Å². The van der Waals surface area contributed by atoms with Gasteiger partial charge in [0.1, 0.15) is 6.54 Å². The molecule has 0 spiro atoms. The van der Waals surface area contributed by atoms with Gasteiger partial charge in [-0.05, 0) is 32.9 Å². The minimum absolute atomic E-state index is 0.116. The third kappa shape index (κ3) is 3.87. The summed E-state index contributed by atoms with van der Waals surface area (Å²) in [7, 11) is 0. The summed E-state index contributed by atoms with van der Waals surface area (Å²) in [5, 5.41) is 0.201. The molecule has 0 radical (unpaired) electrons. The number of halogens is 1. The van der Waals surface area contributed by atoms with E-state index in [2.05, 4.69) is 0 Å². The lowest BCUT2D eigenvalue weighted by Gasteiger charge is -2.26. The van der Waals surface area contributed by atoms with Crippen molar-refractivity contribution in [3.05, 3.63) is 28.8 Å². The van der Waals surface area contributed by atoms with Crippen molar-refractivity contribution in [2.24, 2.45) is 0 Å². The average molecular weight is 299 g/mol. The van der Waals surface area contributed by atoms with Crippen LogP contribution in [-0.4, -0.2) is 36.0 Å². The molecule has 0 heterocycles. The van der Waals surface area contributed by atoms with Gasteiger partial charge in [-0.25, -0.2) is 0 Å². The summed E-state index contributed by atoms with van der Waals surface area (Å²) in [6, 6.07) is 4.69. The van der Waals surface area contributed by atoms with Crippen LogP contribution >= 0.6 is 11.6 Å². The lowest BCUT2D eigenvalue weighted by Crippen LogP contribution is -2.41. The molecule has 1 rings (SSSR count). The monoisotopic (exact) mass is 298 g/mol. The molecule has 6 heteroatoms. The summed E-state index contributed by atoms with van der Waals surface area (Å²) in [5.74, 6) is -0.792. The number of hydrogen-bond donors (Lipinski definition) is 1. The molecule has 0 aliphatic rings. The number of nitrogens with two attached hydrogens (primary N) is 1. The van der Waals surface area contributed by atoms with Gasteiger partial charge in [0, 0.05) is 6.04 Å². The first-order valence-electron chi connectivity index (χ1n) is 6.39. The van der Waals surface area contributed by atoms with Gasteiger partial charge in [0.05, 0.1) is 22.9 Å². The van der Waals surface area contributed by atoms with Crippen molar-refractivity contribution in [2.75, 3.05) is 18.9 Å². The highest BCUT2D eigenvalue weighted by molar-refractivity contribution is 6.36. The van der Waals surface area contributed by atoms with Gasteiger partial charge in [0.2, 0.25) is 0 Å². The topological polar surface area (TPSA) is 72.6 Å². The quantitative estimate of drug-likeness (QED) is 0.669. The summed E-state index contributed by atoms with van der Waals surface area (Å²) in [5.41, 5.74) is 6.30. The lowest BCUT2D eigenvalue weighted by atomic mass is 10.1. The minimum Gasteiger partial charge on any atom is -0.465 e. The fourth-order valence-electron chi connectivity index (χ4n) is 1.70. The molecule has 0 bridgehead atoms. The second-order valence-corrected chi connectivity index (χ2v) is 4.92. The first-order valence-corrected chi connectivity index (χ1v) is 6.76. The molecule has 1 aromatic rings. The predicted octanol–water partition coefficient (Wildman–Crippen LogP) is 2.34. The molecule has 1 aromatic carbocycles. The zero-order valence-electron chi connectivity index (χ0n) is 11.9. The molecule has 5 nitrogen and oxygen atoms in total. The Bertz CT molecular complexity index is 503. The number of carbonyl (C=O) groups excluding carboxylic acids is 2. The number of ether oxygens (including phenoxy) is 1. The summed E-state index contributed by atoms with van der Waals surface area (Å²) >= 11 is 6.05. The van der Waals surface area contributed by atoms with Gasteiger partial charge in [0.25, 0.3) is 5.91 Å². The number of nitrogens with zero attached hydrogens (tertiary/aromatic N) is 1. The highest BCUT2D eigenvalue weighted by atomic mass is 35.5. The molecule has 0 atom stereocenters. The summed E-state index contributed by atoms with van der Waals surface area (Å²) in [6.07, 6.45) is 0.